The first-order valence-corrected chi connectivity index (χ1v) is 14.0. The summed E-state index contributed by atoms with van der Waals surface area (Å²) in [5, 5.41) is 2.60. The molecule has 9 nitrogen and oxygen atoms in total. The van der Waals surface area contributed by atoms with Crippen LogP contribution in [0.15, 0.2) is 77.7 Å². The third-order valence-electron chi connectivity index (χ3n) is 4.84. The standard InChI is InChI=1S/C24H27N3O6S2/c1-4-33-22-12-10-21(11-13-22)27(34(3,29)30)17-24(28)25-19-8-14-23(15-9-19)35(31,32)26-20-7-5-6-18(2)16-20/h5-16,26H,4,17H2,1-3H3,(H,25,28). The average Bonchev–Trinajstić information content (AvgIpc) is 2.78. The lowest BCUT2D eigenvalue weighted by atomic mass is 10.2. The lowest BCUT2D eigenvalue weighted by Gasteiger charge is -2.22. The van der Waals surface area contributed by atoms with Crippen LogP contribution >= 0.6 is 0 Å². The number of nitrogens with zero attached hydrogens (tertiary/aromatic N) is 1. The molecule has 0 aliphatic carbocycles. The van der Waals surface area contributed by atoms with E-state index in [0.717, 1.165) is 16.1 Å². The number of ether oxygens (including phenoxy) is 1. The Balaban J connectivity index is 1.69. The van der Waals surface area contributed by atoms with Crippen LogP contribution in [-0.2, 0) is 24.8 Å². The Morgan fingerprint density at radius 2 is 1.57 bits per heavy atom. The first kappa shape index (κ1) is 26.0. The molecule has 3 rings (SSSR count). The number of amides is 1. The van der Waals surface area contributed by atoms with E-state index in [1.807, 2.05) is 19.9 Å². The highest BCUT2D eigenvalue weighted by molar-refractivity contribution is 7.92. The van der Waals surface area contributed by atoms with Crippen LogP contribution < -0.4 is 19.1 Å². The highest BCUT2D eigenvalue weighted by Gasteiger charge is 2.21. The summed E-state index contributed by atoms with van der Waals surface area (Å²) in [6.45, 7) is 3.71. The van der Waals surface area contributed by atoms with Crippen LogP contribution in [0.3, 0.4) is 0 Å². The largest absolute Gasteiger partial charge is 0.494 e. The predicted molar refractivity (Wildman–Crippen MR) is 137 cm³/mol. The Hall–Kier alpha value is -3.57. The van der Waals surface area contributed by atoms with Crippen LogP contribution in [0.5, 0.6) is 5.75 Å². The van der Waals surface area contributed by atoms with Gasteiger partial charge in [-0.25, -0.2) is 16.8 Å². The zero-order valence-corrected chi connectivity index (χ0v) is 21.2. The van der Waals surface area contributed by atoms with Crippen LogP contribution in [0.4, 0.5) is 17.1 Å². The zero-order valence-electron chi connectivity index (χ0n) is 19.6. The smallest absolute Gasteiger partial charge is 0.261 e. The highest BCUT2D eigenvalue weighted by atomic mass is 32.2. The second-order valence-electron chi connectivity index (χ2n) is 7.74. The van der Waals surface area contributed by atoms with Crippen molar-refractivity contribution in [2.24, 2.45) is 0 Å². The molecule has 0 atom stereocenters. The summed E-state index contributed by atoms with van der Waals surface area (Å²) in [6.07, 6.45) is 1.01. The summed E-state index contributed by atoms with van der Waals surface area (Å²) >= 11 is 0. The quantitative estimate of drug-likeness (QED) is 0.424. The van der Waals surface area contributed by atoms with Crippen molar-refractivity contribution in [2.45, 2.75) is 18.7 Å². The maximum Gasteiger partial charge on any atom is 0.261 e. The number of sulfonamides is 2. The topological polar surface area (TPSA) is 122 Å². The number of benzene rings is 3. The molecule has 186 valence electrons. The fourth-order valence-corrected chi connectivity index (χ4v) is 5.15. The predicted octanol–water partition coefficient (Wildman–Crippen LogP) is 3.60. The third-order valence-corrected chi connectivity index (χ3v) is 7.38. The molecule has 3 aromatic carbocycles. The van der Waals surface area contributed by atoms with E-state index < -0.39 is 32.5 Å². The molecule has 3 aromatic rings. The maximum atomic E-state index is 12.6. The lowest BCUT2D eigenvalue weighted by Crippen LogP contribution is -2.37. The van der Waals surface area contributed by atoms with Crippen molar-refractivity contribution in [1.82, 2.24) is 0 Å². The van der Waals surface area contributed by atoms with Gasteiger partial charge in [-0.3, -0.25) is 13.8 Å². The molecular weight excluding hydrogens is 490 g/mol. The van der Waals surface area contributed by atoms with Crippen LogP contribution in [0.25, 0.3) is 0 Å². The highest BCUT2D eigenvalue weighted by Crippen LogP contribution is 2.22. The number of aryl methyl sites for hydroxylation is 1. The summed E-state index contributed by atoms with van der Waals surface area (Å²) in [6, 6.07) is 18.9. The van der Waals surface area contributed by atoms with Crippen molar-refractivity contribution >= 4 is 43.0 Å². The van der Waals surface area contributed by atoms with E-state index in [4.69, 9.17) is 4.74 Å². The molecule has 0 radical (unpaired) electrons. The van der Waals surface area contributed by atoms with Gasteiger partial charge in [0.1, 0.15) is 12.3 Å². The zero-order chi connectivity index (χ0) is 25.6. The fraction of sp³-hybridized carbons (Fsp3) is 0.208. The number of hydrogen-bond donors (Lipinski definition) is 2. The Labute approximate surface area is 205 Å². The maximum absolute atomic E-state index is 12.6. The van der Waals surface area contributed by atoms with Crippen LogP contribution in [0, 0.1) is 6.92 Å². The Kier molecular flexibility index (Phi) is 8.03. The minimum Gasteiger partial charge on any atom is -0.494 e. The molecule has 0 aromatic heterocycles. The second-order valence-corrected chi connectivity index (χ2v) is 11.3. The van der Waals surface area contributed by atoms with E-state index >= 15 is 0 Å². The van der Waals surface area contributed by atoms with Gasteiger partial charge >= 0.3 is 0 Å². The van der Waals surface area contributed by atoms with E-state index in [1.54, 1.807) is 42.5 Å². The normalized spacial score (nSPS) is 11.5. The van der Waals surface area contributed by atoms with Gasteiger partial charge in [0, 0.05) is 11.4 Å². The number of rotatable bonds is 10. The van der Waals surface area contributed by atoms with Gasteiger partial charge < -0.3 is 10.1 Å². The van der Waals surface area contributed by atoms with Crippen molar-refractivity contribution in [1.29, 1.82) is 0 Å². The monoisotopic (exact) mass is 517 g/mol. The first-order chi connectivity index (χ1) is 16.5. The minimum atomic E-state index is -3.82. The summed E-state index contributed by atoms with van der Waals surface area (Å²) in [4.78, 5) is 12.6. The molecule has 1 amide bonds. The van der Waals surface area contributed by atoms with Gasteiger partial charge in [-0.1, -0.05) is 12.1 Å². The van der Waals surface area contributed by atoms with Gasteiger partial charge in [0.2, 0.25) is 15.9 Å². The summed E-state index contributed by atoms with van der Waals surface area (Å²) in [5.41, 5.74) is 1.99. The number of hydrogen-bond acceptors (Lipinski definition) is 6. The van der Waals surface area contributed by atoms with Gasteiger partial charge in [0.25, 0.3) is 10.0 Å². The molecule has 0 spiro atoms. The molecule has 0 aliphatic rings. The molecule has 0 bridgehead atoms. The number of nitrogens with one attached hydrogen (secondary N) is 2. The Morgan fingerprint density at radius 1 is 0.914 bits per heavy atom. The molecule has 0 unspecified atom stereocenters. The van der Waals surface area contributed by atoms with Crippen LogP contribution in [0.2, 0.25) is 0 Å². The Morgan fingerprint density at radius 3 is 2.14 bits per heavy atom. The lowest BCUT2D eigenvalue weighted by molar-refractivity contribution is -0.114. The molecular formula is C24H27N3O6S2. The fourth-order valence-electron chi connectivity index (χ4n) is 3.25. The molecule has 0 fully saturated rings. The van der Waals surface area contributed by atoms with Crippen molar-refractivity contribution in [3.63, 3.8) is 0 Å². The van der Waals surface area contributed by atoms with Gasteiger partial charge in [-0.2, -0.15) is 0 Å². The van der Waals surface area contributed by atoms with E-state index in [2.05, 4.69) is 10.0 Å². The summed E-state index contributed by atoms with van der Waals surface area (Å²) in [5.74, 6) is -0.00103. The second kappa shape index (κ2) is 10.8. The molecule has 2 N–H and O–H groups in total. The molecule has 0 aliphatic heterocycles. The number of carbonyl (C=O) groups is 1. The van der Waals surface area contributed by atoms with Gasteiger partial charge in [0.15, 0.2) is 0 Å². The van der Waals surface area contributed by atoms with Crippen LogP contribution in [-0.4, -0.2) is 42.2 Å². The molecule has 35 heavy (non-hydrogen) atoms. The summed E-state index contributed by atoms with van der Waals surface area (Å²) < 4.78 is 58.7. The summed E-state index contributed by atoms with van der Waals surface area (Å²) in [7, 11) is -7.56. The Bertz CT molecular complexity index is 1390. The third kappa shape index (κ3) is 7.20. The minimum absolute atomic E-state index is 0.0177. The molecule has 0 heterocycles. The van der Waals surface area contributed by atoms with Crippen LogP contribution in [0.1, 0.15) is 12.5 Å². The first-order valence-electron chi connectivity index (χ1n) is 10.7. The van der Waals surface area contributed by atoms with Crippen molar-refractivity contribution < 1.29 is 26.4 Å². The van der Waals surface area contributed by atoms with E-state index in [-0.39, 0.29) is 4.90 Å². The molecule has 0 saturated carbocycles. The van der Waals surface area contributed by atoms with Gasteiger partial charge in [0.05, 0.1) is 23.4 Å². The van der Waals surface area contributed by atoms with Crippen molar-refractivity contribution in [2.75, 3.05) is 33.8 Å². The molecule has 0 saturated heterocycles. The van der Waals surface area contributed by atoms with Gasteiger partial charge in [-0.15, -0.1) is 0 Å². The van der Waals surface area contributed by atoms with Crippen molar-refractivity contribution in [3.8, 4) is 5.75 Å². The van der Waals surface area contributed by atoms with E-state index in [9.17, 15) is 21.6 Å². The SMILES string of the molecule is CCOc1ccc(N(CC(=O)Nc2ccc(S(=O)(=O)Nc3cccc(C)c3)cc2)S(C)(=O)=O)cc1. The van der Waals surface area contributed by atoms with Crippen molar-refractivity contribution in [3.05, 3.63) is 78.4 Å². The average molecular weight is 518 g/mol. The number of anilines is 3. The van der Waals surface area contributed by atoms with E-state index in [0.29, 0.717) is 29.4 Å². The molecule has 11 heteroatoms. The van der Waals surface area contributed by atoms with E-state index in [1.165, 1.54) is 24.3 Å². The van der Waals surface area contributed by atoms with Gasteiger partial charge in [-0.05, 0) is 80.1 Å². The number of carbonyl (C=O) groups excluding carboxylic acids is 1.